The van der Waals surface area contributed by atoms with Crippen LogP contribution in [0.3, 0.4) is 0 Å². The smallest absolute Gasteiger partial charge is 0.408 e. The third-order valence-corrected chi connectivity index (χ3v) is 4.36. The first-order chi connectivity index (χ1) is 12.3. The Morgan fingerprint density at radius 3 is 2.81 bits per heavy atom. The lowest BCUT2D eigenvalue weighted by Crippen LogP contribution is -2.12. The number of aromatic nitrogens is 3. The van der Waals surface area contributed by atoms with Gasteiger partial charge in [0.05, 0.1) is 10.8 Å². The van der Waals surface area contributed by atoms with Gasteiger partial charge in [-0.2, -0.15) is 4.68 Å². The molecule has 0 aromatic carbocycles. The van der Waals surface area contributed by atoms with Crippen molar-refractivity contribution in [3.63, 3.8) is 0 Å². The first-order valence-electron chi connectivity index (χ1n) is 7.24. The van der Waals surface area contributed by atoms with Gasteiger partial charge < -0.3 is 19.8 Å². The number of halogens is 2. The highest BCUT2D eigenvalue weighted by Crippen LogP contribution is 2.27. The minimum Gasteiger partial charge on any atom is -0.454 e. The second-order valence-corrected chi connectivity index (χ2v) is 6.51. The quantitative estimate of drug-likeness (QED) is 0.476. The Kier molecular flexibility index (Phi) is 5.05. The van der Waals surface area contributed by atoms with Crippen molar-refractivity contribution in [1.82, 2.24) is 14.8 Å². The van der Waals surface area contributed by atoms with E-state index in [0.717, 1.165) is 4.47 Å². The fourth-order valence-electron chi connectivity index (χ4n) is 2.14. The molecule has 0 saturated heterocycles. The molecule has 3 rings (SSSR count). The summed E-state index contributed by atoms with van der Waals surface area (Å²) >= 11 is 9.16. The van der Waals surface area contributed by atoms with Gasteiger partial charge in [0.2, 0.25) is 0 Å². The number of nitrogens with one attached hydrogen (secondary N) is 1. The van der Waals surface area contributed by atoms with Crippen LogP contribution in [0.25, 0.3) is 0 Å². The van der Waals surface area contributed by atoms with Gasteiger partial charge in [0, 0.05) is 10.7 Å². The summed E-state index contributed by atoms with van der Waals surface area (Å²) in [6.45, 7) is 1.71. The molecule has 0 aliphatic rings. The zero-order valence-electron chi connectivity index (χ0n) is 13.3. The molecule has 0 bridgehead atoms. The van der Waals surface area contributed by atoms with E-state index in [1.54, 1.807) is 31.3 Å². The first kappa shape index (κ1) is 18.1. The molecule has 0 saturated carbocycles. The van der Waals surface area contributed by atoms with Crippen LogP contribution in [0.2, 0.25) is 5.02 Å². The monoisotopic (exact) mass is 439 g/mol. The van der Waals surface area contributed by atoms with Gasteiger partial charge in [-0.25, -0.2) is 4.98 Å². The lowest BCUT2D eigenvalue weighted by Gasteiger charge is -2.02. The second kappa shape index (κ2) is 7.26. The van der Waals surface area contributed by atoms with Crippen LogP contribution in [0.4, 0.5) is 11.6 Å². The molecule has 26 heavy (non-hydrogen) atoms. The van der Waals surface area contributed by atoms with E-state index >= 15 is 0 Å². The van der Waals surface area contributed by atoms with E-state index in [2.05, 4.69) is 31.3 Å². The summed E-state index contributed by atoms with van der Waals surface area (Å²) in [6.07, 6.45) is 1.56. The van der Waals surface area contributed by atoms with Crippen molar-refractivity contribution >= 4 is 45.1 Å². The molecule has 0 aliphatic heterocycles. The Bertz CT molecular complexity index is 983. The number of furan rings is 1. The number of anilines is 1. The highest BCUT2D eigenvalue weighted by Gasteiger charge is 2.24. The van der Waals surface area contributed by atoms with E-state index in [0.29, 0.717) is 17.3 Å². The molecule has 1 amide bonds. The van der Waals surface area contributed by atoms with E-state index in [1.165, 1.54) is 10.7 Å². The summed E-state index contributed by atoms with van der Waals surface area (Å²) in [6, 6.07) is 6.47. The normalized spacial score (nSPS) is 10.7. The highest BCUT2D eigenvalue weighted by atomic mass is 79.9. The Morgan fingerprint density at radius 1 is 1.42 bits per heavy atom. The van der Waals surface area contributed by atoms with Crippen molar-refractivity contribution in [1.29, 1.82) is 0 Å². The summed E-state index contributed by atoms with van der Waals surface area (Å²) in [5.41, 5.74) is 0.430. The van der Waals surface area contributed by atoms with Crippen LogP contribution in [0.5, 0.6) is 0 Å². The number of hydrogen-bond acceptors (Lipinski definition) is 6. The maximum atomic E-state index is 12.2. The predicted octanol–water partition coefficient (Wildman–Crippen LogP) is 3.80. The molecule has 0 spiro atoms. The molecule has 9 nitrogen and oxygen atoms in total. The second-order valence-electron chi connectivity index (χ2n) is 5.22. The fourth-order valence-corrected chi connectivity index (χ4v) is 2.58. The Hall–Kier alpha value is -2.72. The van der Waals surface area contributed by atoms with E-state index in [9.17, 15) is 14.9 Å². The topological polar surface area (TPSA) is 116 Å². The fraction of sp³-hybridized carbons (Fsp3) is 0.133. The van der Waals surface area contributed by atoms with Crippen LogP contribution in [0.15, 0.2) is 39.4 Å². The molecule has 0 radical (unpaired) electrons. The van der Waals surface area contributed by atoms with E-state index < -0.39 is 16.6 Å². The molecule has 3 aromatic heterocycles. The van der Waals surface area contributed by atoms with Gasteiger partial charge >= 0.3 is 5.82 Å². The number of nitro groups is 1. The number of carbonyl (C=O) groups is 1. The zero-order valence-corrected chi connectivity index (χ0v) is 15.6. The minimum atomic E-state index is -0.655. The van der Waals surface area contributed by atoms with E-state index in [1.807, 2.05) is 0 Å². The molecule has 3 heterocycles. The number of carbonyl (C=O) groups excluding carboxylic acids is 1. The van der Waals surface area contributed by atoms with Gasteiger partial charge in [0.1, 0.15) is 18.1 Å². The lowest BCUT2D eigenvalue weighted by molar-refractivity contribution is -0.389. The Balaban J connectivity index is 1.74. The number of pyridine rings is 1. The predicted molar refractivity (Wildman–Crippen MR) is 96.3 cm³/mol. The molecule has 0 aliphatic carbocycles. The average molecular weight is 441 g/mol. The molecule has 0 fully saturated rings. The van der Waals surface area contributed by atoms with Crippen LogP contribution in [-0.2, 0) is 6.54 Å². The van der Waals surface area contributed by atoms with Gasteiger partial charge in [-0.3, -0.25) is 4.79 Å². The molecule has 3 aromatic rings. The van der Waals surface area contributed by atoms with Gasteiger partial charge in [-0.05, 0) is 52.0 Å². The zero-order chi connectivity index (χ0) is 18.8. The van der Waals surface area contributed by atoms with Crippen molar-refractivity contribution in [3.05, 3.63) is 67.3 Å². The standard InChI is InChI=1S/C15H11BrClN5O4/c1-8-13(17)14(22(24)25)20-21(8)7-10-3-4-11(26-10)15(23)19-12-5-2-9(16)6-18-12/h2-6H,7H2,1H3,(H,18,19,23). The number of rotatable bonds is 5. The Labute approximate surface area is 160 Å². The lowest BCUT2D eigenvalue weighted by atomic mass is 10.4. The summed E-state index contributed by atoms with van der Waals surface area (Å²) in [5, 5.41) is 17.3. The van der Waals surface area contributed by atoms with E-state index in [4.69, 9.17) is 16.0 Å². The van der Waals surface area contributed by atoms with Crippen molar-refractivity contribution < 1.29 is 14.1 Å². The highest BCUT2D eigenvalue weighted by molar-refractivity contribution is 9.10. The average Bonchev–Trinajstić information content (AvgIpc) is 3.17. The van der Waals surface area contributed by atoms with Crippen LogP contribution < -0.4 is 5.32 Å². The molecule has 11 heteroatoms. The molecular weight excluding hydrogens is 430 g/mol. The van der Waals surface area contributed by atoms with Crippen molar-refractivity contribution in [2.45, 2.75) is 13.5 Å². The molecule has 0 atom stereocenters. The third-order valence-electron chi connectivity index (χ3n) is 3.45. The van der Waals surface area contributed by atoms with Gasteiger partial charge in [0.15, 0.2) is 10.8 Å². The van der Waals surface area contributed by atoms with Gasteiger partial charge in [0.25, 0.3) is 5.91 Å². The largest absolute Gasteiger partial charge is 0.454 e. The van der Waals surface area contributed by atoms with Crippen LogP contribution in [-0.4, -0.2) is 25.6 Å². The molecule has 134 valence electrons. The number of nitrogens with zero attached hydrogens (tertiary/aromatic N) is 4. The summed E-state index contributed by atoms with van der Waals surface area (Å²) in [7, 11) is 0. The summed E-state index contributed by atoms with van der Waals surface area (Å²) in [5.74, 6) is -0.0324. The van der Waals surface area contributed by atoms with Crippen LogP contribution >= 0.6 is 27.5 Å². The summed E-state index contributed by atoms with van der Waals surface area (Å²) in [4.78, 5) is 26.5. The number of amides is 1. The van der Waals surface area contributed by atoms with Crippen LogP contribution in [0.1, 0.15) is 22.0 Å². The molecule has 0 unspecified atom stereocenters. The maximum absolute atomic E-state index is 12.2. The minimum absolute atomic E-state index is 0.0270. The molecule has 1 N–H and O–H groups in total. The van der Waals surface area contributed by atoms with Gasteiger partial charge in [-0.1, -0.05) is 11.6 Å². The third kappa shape index (κ3) is 3.75. The molecular formula is C15H11BrClN5O4. The van der Waals surface area contributed by atoms with E-state index in [-0.39, 0.29) is 17.3 Å². The SMILES string of the molecule is Cc1c(Cl)c([N+](=O)[O-])nn1Cc1ccc(C(=O)Nc2ccc(Br)cn2)o1. The number of hydrogen-bond donors (Lipinski definition) is 1. The van der Waals surface area contributed by atoms with Crippen molar-refractivity contribution in [3.8, 4) is 0 Å². The summed E-state index contributed by atoms with van der Waals surface area (Å²) < 4.78 is 7.62. The van der Waals surface area contributed by atoms with Crippen LogP contribution in [0, 0.1) is 17.0 Å². The Morgan fingerprint density at radius 2 is 2.19 bits per heavy atom. The van der Waals surface area contributed by atoms with Crippen molar-refractivity contribution in [2.75, 3.05) is 5.32 Å². The van der Waals surface area contributed by atoms with Gasteiger partial charge in [-0.15, -0.1) is 0 Å². The first-order valence-corrected chi connectivity index (χ1v) is 8.41. The maximum Gasteiger partial charge on any atom is 0.408 e. The van der Waals surface area contributed by atoms with Crippen molar-refractivity contribution in [2.24, 2.45) is 0 Å².